The van der Waals surface area contributed by atoms with Crippen molar-refractivity contribution in [3.8, 4) is 11.4 Å². The number of rotatable bonds is 1. The predicted octanol–water partition coefficient (Wildman–Crippen LogP) is 0.955. The summed E-state index contributed by atoms with van der Waals surface area (Å²) in [5, 5.41) is 11.2. The van der Waals surface area contributed by atoms with Crippen LogP contribution in [0, 0.1) is 0 Å². The number of benzene rings is 1. The van der Waals surface area contributed by atoms with E-state index in [0.29, 0.717) is 5.82 Å². The number of carbonyl (C=O) groups is 1. The molecule has 0 aliphatic carbocycles. The van der Waals surface area contributed by atoms with Crippen LogP contribution < -0.4 is 0 Å². The molecule has 0 radical (unpaired) electrons. The zero-order valence-electron chi connectivity index (χ0n) is 7.99. The van der Waals surface area contributed by atoms with E-state index in [0.717, 1.165) is 10.4 Å². The molecule has 0 saturated carbocycles. The van der Waals surface area contributed by atoms with Crippen molar-refractivity contribution in [2.24, 2.45) is 0 Å². The number of methoxy groups -OCH3 is 1. The van der Waals surface area contributed by atoms with E-state index in [9.17, 15) is 4.79 Å². The number of carbonyl (C=O) groups excluding carboxylic acids is 1. The number of ether oxygens (including phenoxy) is 1. The molecule has 0 fully saturated rings. The van der Waals surface area contributed by atoms with E-state index in [4.69, 9.17) is 0 Å². The van der Waals surface area contributed by atoms with Gasteiger partial charge in [-0.2, -0.15) is 0 Å². The summed E-state index contributed by atoms with van der Waals surface area (Å²) in [5.41, 5.74) is 0.799. The maximum atomic E-state index is 11.0. The summed E-state index contributed by atoms with van der Waals surface area (Å²) < 4.78 is 4.44. The lowest BCUT2D eigenvalue weighted by Gasteiger charge is -1.93. The molecule has 0 aliphatic rings. The van der Waals surface area contributed by atoms with Gasteiger partial charge in [-0.25, -0.2) is 4.79 Å². The molecule has 2 rings (SSSR count). The predicted molar refractivity (Wildman–Crippen MR) is 51.1 cm³/mol. The Bertz CT molecular complexity index is 466. The Kier molecular flexibility index (Phi) is 2.40. The van der Waals surface area contributed by atoms with E-state index in [-0.39, 0.29) is 0 Å². The Balaban J connectivity index is 2.32. The molecule has 15 heavy (non-hydrogen) atoms. The van der Waals surface area contributed by atoms with Gasteiger partial charge in [0.25, 0.3) is 0 Å². The van der Waals surface area contributed by atoms with Crippen molar-refractivity contribution in [1.82, 2.24) is 20.2 Å². The monoisotopic (exact) mass is 204 g/mol. The maximum absolute atomic E-state index is 11.0. The standard InChI is InChI=1S/C9H8N4O2/c1-15-9(14)13-11-8(10-12-13)7-5-3-2-4-6-7/h2-6H,1H3. The third kappa shape index (κ3) is 1.83. The summed E-state index contributed by atoms with van der Waals surface area (Å²) >= 11 is 0. The van der Waals surface area contributed by atoms with Crippen LogP contribution in [0.25, 0.3) is 11.4 Å². The lowest BCUT2D eigenvalue weighted by molar-refractivity contribution is 0.164. The van der Waals surface area contributed by atoms with Crippen LogP contribution in [0.5, 0.6) is 0 Å². The molecule has 0 saturated heterocycles. The van der Waals surface area contributed by atoms with Gasteiger partial charge < -0.3 is 4.74 Å². The van der Waals surface area contributed by atoms with E-state index in [1.54, 1.807) is 0 Å². The number of nitrogens with zero attached hydrogens (tertiary/aromatic N) is 4. The molecule has 0 atom stereocenters. The summed E-state index contributed by atoms with van der Waals surface area (Å²) in [5.74, 6) is 0.390. The third-order valence-corrected chi connectivity index (χ3v) is 1.78. The van der Waals surface area contributed by atoms with Gasteiger partial charge in [0, 0.05) is 5.56 Å². The Labute approximate surface area is 85.5 Å². The molecule has 2 aromatic rings. The van der Waals surface area contributed by atoms with Crippen LogP contribution in [0.4, 0.5) is 4.79 Å². The fraction of sp³-hybridized carbons (Fsp3) is 0.111. The SMILES string of the molecule is COC(=O)n1nnc(-c2ccccc2)n1. The van der Waals surface area contributed by atoms with Crippen molar-refractivity contribution in [3.05, 3.63) is 30.3 Å². The van der Waals surface area contributed by atoms with Crippen molar-refractivity contribution in [3.63, 3.8) is 0 Å². The lowest BCUT2D eigenvalue weighted by Crippen LogP contribution is -2.14. The fourth-order valence-corrected chi connectivity index (χ4v) is 1.08. The highest BCUT2D eigenvalue weighted by molar-refractivity contribution is 5.68. The summed E-state index contributed by atoms with van der Waals surface area (Å²) in [6.07, 6.45) is -0.662. The normalized spacial score (nSPS) is 9.93. The van der Waals surface area contributed by atoms with Gasteiger partial charge in [0.1, 0.15) is 0 Å². The second-order valence-electron chi connectivity index (χ2n) is 2.74. The first-order valence-electron chi connectivity index (χ1n) is 4.25. The van der Waals surface area contributed by atoms with Crippen LogP contribution in [0.3, 0.4) is 0 Å². The lowest BCUT2D eigenvalue weighted by atomic mass is 10.2. The van der Waals surface area contributed by atoms with E-state index >= 15 is 0 Å². The Morgan fingerprint density at radius 3 is 2.73 bits per heavy atom. The highest BCUT2D eigenvalue weighted by Crippen LogP contribution is 2.11. The molecule has 76 valence electrons. The molecule has 0 bridgehead atoms. The molecule has 0 N–H and O–H groups in total. The largest absolute Gasteiger partial charge is 0.453 e. The Morgan fingerprint density at radius 1 is 1.33 bits per heavy atom. The van der Waals surface area contributed by atoms with E-state index < -0.39 is 6.09 Å². The van der Waals surface area contributed by atoms with Gasteiger partial charge in [-0.1, -0.05) is 35.1 Å². The molecule has 0 amide bonds. The Hall–Kier alpha value is -2.24. The van der Waals surface area contributed by atoms with Gasteiger partial charge in [-0.3, -0.25) is 0 Å². The summed E-state index contributed by atoms with van der Waals surface area (Å²) in [4.78, 5) is 11.8. The highest BCUT2D eigenvalue weighted by Gasteiger charge is 2.10. The third-order valence-electron chi connectivity index (χ3n) is 1.78. The summed E-state index contributed by atoms with van der Waals surface area (Å²) in [6.45, 7) is 0. The van der Waals surface area contributed by atoms with Crippen molar-refractivity contribution >= 4 is 6.09 Å². The van der Waals surface area contributed by atoms with E-state index in [1.165, 1.54) is 7.11 Å². The van der Waals surface area contributed by atoms with Gasteiger partial charge in [-0.15, -0.1) is 10.2 Å². The van der Waals surface area contributed by atoms with Gasteiger partial charge in [0.05, 0.1) is 7.11 Å². The van der Waals surface area contributed by atoms with Crippen LogP contribution in [0.2, 0.25) is 0 Å². The first-order chi connectivity index (χ1) is 7.31. The van der Waals surface area contributed by atoms with Crippen LogP contribution in [0.1, 0.15) is 0 Å². The minimum absolute atomic E-state index is 0.390. The van der Waals surface area contributed by atoms with Crippen LogP contribution in [-0.2, 0) is 4.74 Å². The summed E-state index contributed by atoms with van der Waals surface area (Å²) in [6, 6.07) is 9.26. The second kappa shape index (κ2) is 3.87. The average molecular weight is 204 g/mol. The number of tetrazole rings is 1. The maximum Gasteiger partial charge on any atom is 0.453 e. The van der Waals surface area contributed by atoms with Gasteiger partial charge in [0.2, 0.25) is 5.82 Å². The van der Waals surface area contributed by atoms with E-state index in [1.807, 2.05) is 30.3 Å². The van der Waals surface area contributed by atoms with Crippen LogP contribution in [0.15, 0.2) is 30.3 Å². The molecule has 0 unspecified atom stereocenters. The van der Waals surface area contributed by atoms with Crippen molar-refractivity contribution in [1.29, 1.82) is 0 Å². The van der Waals surface area contributed by atoms with Crippen LogP contribution in [-0.4, -0.2) is 33.4 Å². The Morgan fingerprint density at radius 2 is 2.07 bits per heavy atom. The quantitative estimate of drug-likeness (QED) is 0.691. The second-order valence-corrected chi connectivity index (χ2v) is 2.74. The minimum Gasteiger partial charge on any atom is -0.450 e. The summed E-state index contributed by atoms with van der Waals surface area (Å²) in [7, 11) is 1.26. The smallest absolute Gasteiger partial charge is 0.450 e. The van der Waals surface area contributed by atoms with Gasteiger partial charge in [-0.05, 0) is 5.21 Å². The molecule has 0 spiro atoms. The fourth-order valence-electron chi connectivity index (χ4n) is 1.08. The molecular weight excluding hydrogens is 196 g/mol. The molecule has 6 nitrogen and oxygen atoms in total. The number of hydrogen-bond acceptors (Lipinski definition) is 5. The van der Waals surface area contributed by atoms with Crippen molar-refractivity contribution in [2.45, 2.75) is 0 Å². The zero-order valence-corrected chi connectivity index (χ0v) is 7.99. The minimum atomic E-state index is -0.662. The first kappa shape index (κ1) is 9.32. The van der Waals surface area contributed by atoms with Crippen LogP contribution >= 0.6 is 0 Å². The van der Waals surface area contributed by atoms with Gasteiger partial charge >= 0.3 is 6.09 Å². The highest BCUT2D eigenvalue weighted by atomic mass is 16.5. The van der Waals surface area contributed by atoms with Gasteiger partial charge in [0.15, 0.2) is 0 Å². The molecule has 1 aromatic carbocycles. The molecule has 1 aromatic heterocycles. The number of aromatic nitrogens is 4. The topological polar surface area (TPSA) is 69.9 Å². The van der Waals surface area contributed by atoms with E-state index in [2.05, 4.69) is 20.1 Å². The van der Waals surface area contributed by atoms with Crippen molar-refractivity contribution < 1.29 is 9.53 Å². The number of hydrogen-bond donors (Lipinski definition) is 0. The molecule has 0 aliphatic heterocycles. The average Bonchev–Trinajstić information content (AvgIpc) is 2.78. The molecular formula is C9H8N4O2. The van der Waals surface area contributed by atoms with Crippen molar-refractivity contribution in [2.75, 3.05) is 7.11 Å². The molecule has 6 heteroatoms. The molecule has 1 heterocycles. The first-order valence-corrected chi connectivity index (χ1v) is 4.25. The zero-order chi connectivity index (χ0) is 10.7.